The summed E-state index contributed by atoms with van der Waals surface area (Å²) in [5, 5.41) is 13.3. The highest BCUT2D eigenvalue weighted by molar-refractivity contribution is 5.97. The van der Waals surface area contributed by atoms with Gasteiger partial charge in [-0.05, 0) is 37.3 Å². The van der Waals surface area contributed by atoms with Gasteiger partial charge in [0.2, 0.25) is 5.89 Å². The first kappa shape index (κ1) is 21.5. The van der Waals surface area contributed by atoms with Crippen LogP contribution in [0.25, 0.3) is 11.5 Å². The predicted octanol–water partition coefficient (Wildman–Crippen LogP) is 3.12. The number of hydrogen-bond donors (Lipinski definition) is 1. The zero-order valence-corrected chi connectivity index (χ0v) is 16.7. The lowest BCUT2D eigenvalue weighted by atomic mass is 10.2. The summed E-state index contributed by atoms with van der Waals surface area (Å²) in [5.41, 5.74) is 0.975. The second-order valence-electron chi connectivity index (χ2n) is 6.48. The Balaban J connectivity index is 1.54. The Morgan fingerprint density at radius 1 is 1.23 bits per heavy atom. The molecule has 160 valence electrons. The van der Waals surface area contributed by atoms with Gasteiger partial charge in [0, 0.05) is 23.3 Å². The third kappa shape index (κ3) is 5.44. The van der Waals surface area contributed by atoms with Gasteiger partial charge in [0.1, 0.15) is 30.4 Å². The minimum Gasteiger partial charge on any atom is -0.497 e. The minimum absolute atomic E-state index is 0.0643. The molecule has 1 N–H and O–H groups in total. The van der Waals surface area contributed by atoms with Crippen LogP contribution in [0.15, 0.2) is 59.2 Å². The average Bonchev–Trinajstić information content (AvgIpc) is 3.26. The van der Waals surface area contributed by atoms with Gasteiger partial charge in [-0.3, -0.25) is 14.9 Å². The van der Waals surface area contributed by atoms with E-state index >= 15 is 0 Å². The Kier molecular flexibility index (Phi) is 6.61. The van der Waals surface area contributed by atoms with Crippen molar-refractivity contribution in [2.75, 3.05) is 7.11 Å². The van der Waals surface area contributed by atoms with Gasteiger partial charge in [0.05, 0.1) is 12.0 Å². The highest BCUT2D eigenvalue weighted by Crippen LogP contribution is 2.22. The Morgan fingerprint density at radius 3 is 2.65 bits per heavy atom. The number of carbonyl (C=O) groups excluding carboxylic acids is 2. The van der Waals surface area contributed by atoms with E-state index in [0.717, 1.165) is 11.6 Å². The van der Waals surface area contributed by atoms with Gasteiger partial charge in [-0.15, -0.1) is 0 Å². The molecule has 0 bridgehead atoms. The van der Waals surface area contributed by atoms with E-state index in [1.54, 1.807) is 31.4 Å². The fourth-order valence-electron chi connectivity index (χ4n) is 2.61. The zero-order valence-electron chi connectivity index (χ0n) is 16.7. The van der Waals surface area contributed by atoms with Crippen molar-refractivity contribution in [3.05, 3.63) is 76.2 Å². The van der Waals surface area contributed by atoms with Gasteiger partial charge in [-0.25, -0.2) is 9.78 Å². The normalized spacial score (nSPS) is 11.4. The molecular weight excluding hydrogens is 406 g/mol. The molecule has 0 aliphatic heterocycles. The lowest BCUT2D eigenvalue weighted by molar-refractivity contribution is -0.384. The van der Waals surface area contributed by atoms with Crippen molar-refractivity contribution < 1.29 is 28.4 Å². The van der Waals surface area contributed by atoms with E-state index < -0.39 is 22.8 Å². The molecule has 31 heavy (non-hydrogen) atoms. The number of methoxy groups -OCH3 is 1. The van der Waals surface area contributed by atoms with Crippen LogP contribution in [0.5, 0.6) is 5.75 Å². The number of carbonyl (C=O) groups is 2. The molecule has 0 saturated carbocycles. The highest BCUT2D eigenvalue weighted by Gasteiger charge is 2.20. The van der Waals surface area contributed by atoms with E-state index in [-0.39, 0.29) is 17.9 Å². The van der Waals surface area contributed by atoms with Crippen molar-refractivity contribution in [1.29, 1.82) is 0 Å². The summed E-state index contributed by atoms with van der Waals surface area (Å²) in [5.74, 6) is -0.254. The molecule has 10 heteroatoms. The number of esters is 1. The van der Waals surface area contributed by atoms with Crippen LogP contribution in [0.3, 0.4) is 0 Å². The van der Waals surface area contributed by atoms with Crippen LogP contribution in [-0.2, 0) is 16.1 Å². The van der Waals surface area contributed by atoms with Crippen molar-refractivity contribution >= 4 is 17.6 Å². The minimum atomic E-state index is -0.972. The summed E-state index contributed by atoms with van der Waals surface area (Å²) >= 11 is 0. The monoisotopic (exact) mass is 425 g/mol. The number of rotatable bonds is 8. The van der Waals surface area contributed by atoms with E-state index in [1.807, 2.05) is 0 Å². The first-order valence-corrected chi connectivity index (χ1v) is 9.18. The maximum atomic E-state index is 12.2. The molecule has 10 nitrogen and oxygen atoms in total. The van der Waals surface area contributed by atoms with E-state index in [9.17, 15) is 19.7 Å². The second-order valence-corrected chi connectivity index (χ2v) is 6.48. The lowest BCUT2D eigenvalue weighted by Gasteiger charge is -2.12. The number of benzene rings is 2. The fraction of sp³-hybridized carbons (Fsp3) is 0.190. The largest absolute Gasteiger partial charge is 0.497 e. The molecular formula is C21H19N3O7. The molecule has 1 heterocycles. The van der Waals surface area contributed by atoms with E-state index in [2.05, 4.69) is 10.3 Å². The maximum Gasteiger partial charge on any atom is 0.328 e. The molecule has 0 unspecified atom stereocenters. The third-order valence-corrected chi connectivity index (χ3v) is 4.27. The van der Waals surface area contributed by atoms with Crippen LogP contribution in [0.2, 0.25) is 0 Å². The summed E-state index contributed by atoms with van der Waals surface area (Å²) < 4.78 is 15.7. The summed E-state index contributed by atoms with van der Waals surface area (Å²) in [4.78, 5) is 38.9. The molecule has 0 aliphatic carbocycles. The number of oxazole rings is 1. The molecule has 0 radical (unpaired) electrons. The van der Waals surface area contributed by atoms with Crippen LogP contribution < -0.4 is 10.1 Å². The summed E-state index contributed by atoms with van der Waals surface area (Å²) in [6.07, 6.45) is 1.37. The van der Waals surface area contributed by atoms with Gasteiger partial charge in [0.15, 0.2) is 0 Å². The van der Waals surface area contributed by atoms with Crippen molar-refractivity contribution in [2.45, 2.75) is 19.6 Å². The van der Waals surface area contributed by atoms with E-state index in [4.69, 9.17) is 13.9 Å². The van der Waals surface area contributed by atoms with Gasteiger partial charge >= 0.3 is 5.97 Å². The van der Waals surface area contributed by atoms with Gasteiger partial charge in [0.25, 0.3) is 11.6 Å². The van der Waals surface area contributed by atoms with Gasteiger partial charge in [-0.2, -0.15) is 0 Å². The number of nitrogens with zero attached hydrogens (tertiary/aromatic N) is 2. The number of ether oxygens (including phenoxy) is 2. The molecule has 1 atom stereocenters. The molecule has 3 rings (SSSR count). The first-order chi connectivity index (χ1) is 14.9. The van der Waals surface area contributed by atoms with Crippen molar-refractivity contribution in [3.8, 4) is 17.2 Å². The summed E-state index contributed by atoms with van der Waals surface area (Å²) in [6.45, 7) is 1.30. The zero-order chi connectivity index (χ0) is 22.4. The number of nitrogens with one attached hydrogen (secondary N) is 1. The molecule has 0 saturated heterocycles. The van der Waals surface area contributed by atoms with E-state index in [1.165, 1.54) is 31.4 Å². The molecule has 0 fully saturated rings. The lowest BCUT2D eigenvalue weighted by Crippen LogP contribution is -2.39. The Labute approximate surface area is 177 Å². The molecule has 1 amide bonds. The highest BCUT2D eigenvalue weighted by atomic mass is 16.6. The number of aromatic nitrogens is 1. The molecule has 3 aromatic rings. The van der Waals surface area contributed by atoms with Gasteiger partial charge in [-0.1, -0.05) is 6.07 Å². The average molecular weight is 425 g/mol. The third-order valence-electron chi connectivity index (χ3n) is 4.27. The summed E-state index contributed by atoms with van der Waals surface area (Å²) in [7, 11) is 1.57. The number of nitro groups is 1. The van der Waals surface area contributed by atoms with Crippen molar-refractivity contribution in [2.24, 2.45) is 0 Å². The number of amides is 1. The van der Waals surface area contributed by atoms with Crippen LogP contribution in [-0.4, -0.2) is 34.9 Å². The molecule has 0 spiro atoms. The van der Waals surface area contributed by atoms with Gasteiger partial charge < -0.3 is 19.2 Å². The van der Waals surface area contributed by atoms with Crippen molar-refractivity contribution in [1.82, 2.24) is 10.3 Å². The van der Waals surface area contributed by atoms with Crippen LogP contribution in [0.1, 0.15) is 23.0 Å². The topological polar surface area (TPSA) is 134 Å². The number of non-ortho nitro benzene ring substituents is 1. The quantitative estimate of drug-likeness (QED) is 0.330. The molecule has 1 aromatic heterocycles. The molecule has 0 aliphatic rings. The van der Waals surface area contributed by atoms with Crippen LogP contribution >= 0.6 is 0 Å². The van der Waals surface area contributed by atoms with Crippen molar-refractivity contribution in [3.63, 3.8) is 0 Å². The number of hydrogen-bond acceptors (Lipinski definition) is 8. The standard InChI is InChI=1S/C21H19N3O7/c1-13(22-19(25)15-4-3-5-17(10-15)24(27)28)21(26)31-12-16-11-30-20(23-16)14-6-8-18(29-2)9-7-14/h3-11,13H,12H2,1-2H3,(H,22,25)/t13-/m0/s1. The second kappa shape index (κ2) is 9.53. The Bertz CT molecular complexity index is 1090. The Morgan fingerprint density at radius 2 is 1.97 bits per heavy atom. The smallest absolute Gasteiger partial charge is 0.328 e. The fourth-order valence-corrected chi connectivity index (χ4v) is 2.61. The predicted molar refractivity (Wildman–Crippen MR) is 108 cm³/mol. The Hall–Kier alpha value is -4.21. The molecule has 2 aromatic carbocycles. The first-order valence-electron chi connectivity index (χ1n) is 9.18. The van der Waals surface area contributed by atoms with Crippen LogP contribution in [0.4, 0.5) is 5.69 Å². The summed E-state index contributed by atoms with van der Waals surface area (Å²) in [6, 6.07) is 11.3. The maximum absolute atomic E-state index is 12.2. The SMILES string of the molecule is COc1ccc(-c2nc(COC(=O)[C@H](C)NC(=O)c3cccc([N+](=O)[O-])c3)co2)cc1. The van der Waals surface area contributed by atoms with Crippen LogP contribution in [0, 0.1) is 10.1 Å². The van der Waals surface area contributed by atoms with E-state index in [0.29, 0.717) is 17.3 Å². The number of nitro benzene ring substituents is 1.